The second kappa shape index (κ2) is 11.2. The van der Waals surface area contributed by atoms with E-state index in [0.29, 0.717) is 0 Å². The predicted octanol–water partition coefficient (Wildman–Crippen LogP) is 11.5. The summed E-state index contributed by atoms with van der Waals surface area (Å²) in [6, 6.07) is 37.6. The Morgan fingerprint density at radius 1 is 0.444 bits per heavy atom. The molecule has 0 bridgehead atoms. The van der Waals surface area contributed by atoms with Crippen molar-refractivity contribution >= 4 is 44.9 Å². The summed E-state index contributed by atoms with van der Waals surface area (Å²) in [5.41, 5.74) is 21.5. The first-order valence-electron chi connectivity index (χ1n) is 20.0. The Balaban J connectivity index is 1.58. The van der Waals surface area contributed by atoms with Crippen molar-refractivity contribution in [2.75, 3.05) is 0 Å². The second-order valence-corrected chi connectivity index (χ2v) is 20.4. The van der Waals surface area contributed by atoms with Gasteiger partial charge in [0.05, 0.1) is 11.4 Å². The van der Waals surface area contributed by atoms with Crippen LogP contribution in [0.2, 0.25) is 0 Å². The van der Waals surface area contributed by atoms with Gasteiger partial charge in [0, 0.05) is 33.2 Å². The first kappa shape index (κ1) is 35.0. The number of aromatic nitrogens is 2. The summed E-state index contributed by atoms with van der Waals surface area (Å²) in [6.45, 7) is 31.1. The van der Waals surface area contributed by atoms with E-state index < -0.39 is 0 Å². The summed E-state index contributed by atoms with van der Waals surface area (Å²) in [7, 11) is 0. The van der Waals surface area contributed by atoms with Gasteiger partial charge in [0.15, 0.2) is 0 Å². The van der Waals surface area contributed by atoms with Crippen LogP contribution >= 0.6 is 0 Å². The molecule has 0 fully saturated rings. The Labute approximate surface area is 323 Å². The van der Waals surface area contributed by atoms with Crippen molar-refractivity contribution in [3.05, 3.63) is 125 Å². The number of benzene rings is 5. The highest BCUT2D eigenvalue weighted by molar-refractivity contribution is 7.00. The quantitative estimate of drug-likeness (QED) is 0.158. The van der Waals surface area contributed by atoms with Crippen molar-refractivity contribution in [3.63, 3.8) is 0 Å². The SMILES string of the molecule is Cc1cc2c3c(c1)-n1c(-c4ccccc4)c(C(C)(C)C)c4cc(C(C)(C)C)cc(c41)B3c1cc(C(C)(C)C)cc3c(C(C)(C)C)c(-c4ccccc4)n-2c13. The predicted molar refractivity (Wildman–Crippen MR) is 235 cm³/mol. The Hall–Kier alpha value is -4.76. The fourth-order valence-corrected chi connectivity index (χ4v) is 9.85. The zero-order valence-electron chi connectivity index (χ0n) is 34.7. The molecule has 0 spiro atoms. The molecule has 4 heterocycles. The summed E-state index contributed by atoms with van der Waals surface area (Å²) in [4.78, 5) is 0. The minimum Gasteiger partial charge on any atom is -0.310 e. The van der Waals surface area contributed by atoms with Gasteiger partial charge in [0.2, 0.25) is 0 Å². The number of hydrogen-bond acceptors (Lipinski definition) is 0. The highest BCUT2D eigenvalue weighted by atomic mass is 15.1. The van der Waals surface area contributed by atoms with Gasteiger partial charge in [-0.25, -0.2) is 0 Å². The molecule has 0 atom stereocenters. The van der Waals surface area contributed by atoms with Gasteiger partial charge in [-0.05, 0) is 108 Å². The summed E-state index contributed by atoms with van der Waals surface area (Å²) in [5, 5.41) is 2.78. The number of nitrogens with zero attached hydrogens (tertiary/aromatic N) is 2. The normalized spacial score (nSPS) is 14.0. The van der Waals surface area contributed by atoms with Crippen LogP contribution in [0.4, 0.5) is 0 Å². The maximum Gasteiger partial charge on any atom is 0.252 e. The van der Waals surface area contributed by atoms with Crippen LogP contribution in [0.3, 0.4) is 0 Å². The molecule has 0 saturated carbocycles. The van der Waals surface area contributed by atoms with Crippen LogP contribution in [0.15, 0.2) is 97.1 Å². The van der Waals surface area contributed by atoms with Crippen molar-refractivity contribution in [2.45, 2.75) is 112 Å². The maximum absolute atomic E-state index is 2.68. The molecule has 0 N–H and O–H groups in total. The largest absolute Gasteiger partial charge is 0.310 e. The molecule has 54 heavy (non-hydrogen) atoms. The summed E-state index contributed by atoms with van der Waals surface area (Å²) < 4.78 is 5.36. The van der Waals surface area contributed by atoms with E-state index in [1.54, 1.807) is 0 Å². The van der Waals surface area contributed by atoms with Gasteiger partial charge >= 0.3 is 0 Å². The molecule has 9 rings (SSSR count). The fourth-order valence-electron chi connectivity index (χ4n) is 9.85. The van der Waals surface area contributed by atoms with Crippen molar-refractivity contribution < 1.29 is 0 Å². The average Bonchev–Trinajstić information content (AvgIpc) is 3.63. The van der Waals surface area contributed by atoms with Gasteiger partial charge in [-0.1, -0.05) is 156 Å². The monoisotopic (exact) mass is 706 g/mol. The molecule has 2 aliphatic rings. The molecule has 0 unspecified atom stereocenters. The highest BCUT2D eigenvalue weighted by Crippen LogP contribution is 2.48. The molecule has 3 heteroatoms. The number of aryl methyl sites for hydroxylation is 1. The molecule has 7 aromatic rings. The lowest BCUT2D eigenvalue weighted by molar-refractivity contribution is 0.588. The molecule has 0 amide bonds. The van der Waals surface area contributed by atoms with E-state index in [0.717, 1.165) is 0 Å². The third kappa shape index (κ3) is 4.92. The van der Waals surface area contributed by atoms with Crippen molar-refractivity contribution in [1.29, 1.82) is 0 Å². The number of hydrogen-bond donors (Lipinski definition) is 0. The van der Waals surface area contributed by atoms with Gasteiger partial charge in [-0.15, -0.1) is 0 Å². The molecule has 0 saturated heterocycles. The van der Waals surface area contributed by atoms with E-state index in [4.69, 9.17) is 0 Å². The smallest absolute Gasteiger partial charge is 0.252 e. The van der Waals surface area contributed by atoms with Crippen molar-refractivity contribution in [1.82, 2.24) is 9.13 Å². The Kier molecular flexibility index (Phi) is 7.23. The lowest BCUT2D eigenvalue weighted by Gasteiger charge is -2.36. The van der Waals surface area contributed by atoms with E-state index in [-0.39, 0.29) is 28.4 Å². The van der Waals surface area contributed by atoms with Crippen LogP contribution in [-0.4, -0.2) is 15.8 Å². The van der Waals surface area contributed by atoms with Crippen molar-refractivity contribution in [3.8, 4) is 33.9 Å². The summed E-state index contributed by atoms with van der Waals surface area (Å²) in [6.07, 6.45) is 0. The van der Waals surface area contributed by atoms with E-state index in [2.05, 4.69) is 196 Å². The maximum atomic E-state index is 2.68. The van der Waals surface area contributed by atoms with Gasteiger partial charge in [0.25, 0.3) is 6.71 Å². The van der Waals surface area contributed by atoms with E-state index in [1.165, 1.54) is 99.9 Å². The van der Waals surface area contributed by atoms with Crippen LogP contribution in [0, 0.1) is 6.92 Å². The lowest BCUT2D eigenvalue weighted by Crippen LogP contribution is -2.60. The van der Waals surface area contributed by atoms with E-state index >= 15 is 0 Å². The number of fused-ring (bicyclic) bond motifs is 4. The van der Waals surface area contributed by atoms with Crippen LogP contribution < -0.4 is 16.4 Å². The first-order valence-corrected chi connectivity index (χ1v) is 20.0. The molecule has 2 nitrogen and oxygen atoms in total. The van der Waals surface area contributed by atoms with Crippen molar-refractivity contribution in [2.24, 2.45) is 0 Å². The van der Waals surface area contributed by atoms with E-state index in [9.17, 15) is 0 Å². The molecule has 5 aromatic carbocycles. The summed E-state index contributed by atoms with van der Waals surface area (Å²) in [5.74, 6) is 0. The molecule has 0 aliphatic carbocycles. The van der Waals surface area contributed by atoms with Gasteiger partial charge in [0.1, 0.15) is 0 Å². The molecule has 2 aromatic heterocycles. The zero-order chi connectivity index (χ0) is 38.4. The number of rotatable bonds is 2. The minimum absolute atomic E-state index is 0.0252. The average molecular weight is 707 g/mol. The van der Waals surface area contributed by atoms with Crippen LogP contribution in [0.1, 0.15) is 111 Å². The fraction of sp³-hybridized carbons (Fsp3) is 0.333. The molecule has 0 radical (unpaired) electrons. The van der Waals surface area contributed by atoms with E-state index in [1.807, 2.05) is 0 Å². The highest BCUT2D eigenvalue weighted by Gasteiger charge is 2.45. The van der Waals surface area contributed by atoms with Crippen LogP contribution in [0.5, 0.6) is 0 Å². The Morgan fingerprint density at radius 2 is 0.815 bits per heavy atom. The topological polar surface area (TPSA) is 9.86 Å². The van der Waals surface area contributed by atoms with Gasteiger partial charge in [-0.3, -0.25) is 0 Å². The molecular formula is C51H55BN2. The Morgan fingerprint density at radius 3 is 1.15 bits per heavy atom. The van der Waals surface area contributed by atoms with Crippen LogP contribution in [0.25, 0.3) is 55.7 Å². The summed E-state index contributed by atoms with van der Waals surface area (Å²) >= 11 is 0. The molecular weight excluding hydrogens is 651 g/mol. The van der Waals surface area contributed by atoms with Gasteiger partial charge in [-0.2, -0.15) is 0 Å². The third-order valence-corrected chi connectivity index (χ3v) is 12.2. The zero-order valence-corrected chi connectivity index (χ0v) is 34.7. The third-order valence-electron chi connectivity index (χ3n) is 12.2. The second-order valence-electron chi connectivity index (χ2n) is 20.4. The standard InChI is InChI=1S/C51H55BN2/c1-30-24-39-43-40(25-30)54-45(32-22-18-15-19-23-32)42(51(11,12)13)36-27-34(49(5,6)7)29-38(47(36)54)52(43)37-28-33(48(2,3)4)26-35-41(50(8,9)10)44(53(39)46(35)37)31-20-16-14-17-21-31/h14-29H,1-13H3. The Bertz CT molecular complexity index is 2490. The minimum atomic E-state index is -0.0952. The molecule has 2 aliphatic heterocycles. The van der Waals surface area contributed by atoms with Gasteiger partial charge < -0.3 is 9.13 Å². The molecule has 272 valence electrons. The lowest BCUT2D eigenvalue weighted by atomic mass is 9.33. The van der Waals surface area contributed by atoms with Crippen LogP contribution in [-0.2, 0) is 21.7 Å². The first-order chi connectivity index (χ1) is 25.3.